The second kappa shape index (κ2) is 1.89. The second-order valence-electron chi connectivity index (χ2n) is 4.05. The lowest BCUT2D eigenvalue weighted by atomic mass is 9.70. The Morgan fingerprint density at radius 3 is 1.90 bits per heavy atom. The number of fused-ring (bicyclic) bond motifs is 2. The molecule has 0 saturated heterocycles. The van der Waals surface area contributed by atoms with Crippen LogP contribution < -0.4 is 5.73 Å². The zero-order valence-corrected chi connectivity index (χ0v) is 6.81. The predicted molar refractivity (Wildman–Crippen MR) is 43.0 cm³/mol. The summed E-state index contributed by atoms with van der Waals surface area (Å²) in [5.41, 5.74) is 5.94. The van der Waals surface area contributed by atoms with Crippen molar-refractivity contribution in [2.75, 3.05) is 0 Å². The van der Waals surface area contributed by atoms with Crippen molar-refractivity contribution in [3.63, 3.8) is 0 Å². The first-order valence-corrected chi connectivity index (χ1v) is 4.13. The Kier molecular flexibility index (Phi) is 1.31. The van der Waals surface area contributed by atoms with Crippen molar-refractivity contribution in [2.24, 2.45) is 29.4 Å². The summed E-state index contributed by atoms with van der Waals surface area (Å²) in [5.74, 6) is 4.25. The molecule has 2 N–H and O–H groups in total. The lowest BCUT2D eigenvalue weighted by molar-refractivity contribution is 0.131. The van der Waals surface area contributed by atoms with Gasteiger partial charge in [0.2, 0.25) is 0 Å². The zero-order chi connectivity index (χ0) is 6.01. The maximum atomic E-state index is 5.94. The Morgan fingerprint density at radius 2 is 1.60 bits per heavy atom. The van der Waals surface area contributed by atoms with Gasteiger partial charge in [-0.05, 0) is 42.9 Å². The monoisotopic (exact) mass is 159 g/mol. The van der Waals surface area contributed by atoms with Gasteiger partial charge in [0.1, 0.15) is 0 Å². The molecule has 0 aromatic rings. The van der Waals surface area contributed by atoms with Crippen LogP contribution in [0, 0.1) is 23.7 Å². The summed E-state index contributed by atoms with van der Waals surface area (Å²) in [5, 5.41) is 0. The molecule has 0 aromatic heterocycles. The fraction of sp³-hybridized carbons (Fsp3) is 1.00. The molecule has 4 bridgehead atoms. The highest BCUT2D eigenvalue weighted by atomic mass is 35.5. The minimum atomic E-state index is 0. The third-order valence-electron chi connectivity index (χ3n) is 3.96. The number of halogens is 1. The van der Waals surface area contributed by atoms with Gasteiger partial charge in [-0.3, -0.25) is 0 Å². The van der Waals surface area contributed by atoms with Crippen molar-refractivity contribution in [3.05, 3.63) is 0 Å². The minimum absolute atomic E-state index is 0. The molecular formula is C8H14ClN. The van der Waals surface area contributed by atoms with Gasteiger partial charge in [-0.15, -0.1) is 12.4 Å². The van der Waals surface area contributed by atoms with Crippen molar-refractivity contribution in [3.8, 4) is 0 Å². The summed E-state index contributed by atoms with van der Waals surface area (Å²) in [7, 11) is 0. The van der Waals surface area contributed by atoms with Crippen molar-refractivity contribution in [2.45, 2.75) is 25.3 Å². The van der Waals surface area contributed by atoms with Gasteiger partial charge in [0.05, 0.1) is 0 Å². The topological polar surface area (TPSA) is 26.0 Å². The molecule has 58 valence electrons. The Morgan fingerprint density at radius 1 is 1.00 bits per heavy atom. The number of nitrogens with two attached hydrogens (primary N) is 1. The van der Waals surface area contributed by atoms with Crippen LogP contribution in [-0.2, 0) is 0 Å². The summed E-state index contributed by atoms with van der Waals surface area (Å²) in [6.07, 6.45) is 4.38. The van der Waals surface area contributed by atoms with E-state index >= 15 is 0 Å². The van der Waals surface area contributed by atoms with E-state index in [0.29, 0.717) is 6.04 Å². The van der Waals surface area contributed by atoms with Crippen LogP contribution in [0.2, 0.25) is 0 Å². The fourth-order valence-corrected chi connectivity index (χ4v) is 3.71. The number of rotatable bonds is 0. The van der Waals surface area contributed by atoms with Crippen molar-refractivity contribution in [1.82, 2.24) is 0 Å². The van der Waals surface area contributed by atoms with Crippen LogP contribution in [0.25, 0.3) is 0 Å². The summed E-state index contributed by atoms with van der Waals surface area (Å²) in [6.45, 7) is 0. The van der Waals surface area contributed by atoms with E-state index in [1.807, 2.05) is 0 Å². The van der Waals surface area contributed by atoms with Gasteiger partial charge in [-0.2, -0.15) is 0 Å². The van der Waals surface area contributed by atoms with Crippen LogP contribution >= 0.6 is 12.4 Å². The van der Waals surface area contributed by atoms with Gasteiger partial charge in [-0.1, -0.05) is 0 Å². The first-order valence-electron chi connectivity index (χ1n) is 4.13. The fourth-order valence-electron chi connectivity index (χ4n) is 3.71. The van der Waals surface area contributed by atoms with Crippen molar-refractivity contribution >= 4 is 12.4 Å². The van der Waals surface area contributed by atoms with E-state index in [1.165, 1.54) is 19.3 Å². The van der Waals surface area contributed by atoms with Crippen LogP contribution in [-0.4, -0.2) is 6.04 Å². The quantitative estimate of drug-likeness (QED) is 0.569. The van der Waals surface area contributed by atoms with E-state index in [-0.39, 0.29) is 12.4 Å². The normalized spacial score (nSPS) is 61.5. The molecule has 1 nitrogen and oxygen atoms in total. The van der Waals surface area contributed by atoms with Gasteiger partial charge < -0.3 is 5.73 Å². The van der Waals surface area contributed by atoms with Crippen LogP contribution in [0.3, 0.4) is 0 Å². The molecule has 3 atom stereocenters. The molecule has 5 aliphatic rings. The lowest BCUT2D eigenvalue weighted by Crippen LogP contribution is -2.35. The molecule has 5 saturated carbocycles. The van der Waals surface area contributed by atoms with Crippen LogP contribution in [0.5, 0.6) is 0 Å². The molecule has 0 radical (unpaired) electrons. The maximum absolute atomic E-state index is 5.94. The van der Waals surface area contributed by atoms with Crippen molar-refractivity contribution < 1.29 is 0 Å². The average molecular weight is 160 g/mol. The van der Waals surface area contributed by atoms with E-state index in [1.54, 1.807) is 0 Å². The van der Waals surface area contributed by atoms with Crippen LogP contribution in [0.15, 0.2) is 0 Å². The minimum Gasteiger partial charge on any atom is -0.327 e. The molecule has 0 aromatic carbocycles. The molecule has 5 aliphatic carbocycles. The molecule has 10 heavy (non-hydrogen) atoms. The second-order valence-corrected chi connectivity index (χ2v) is 4.05. The van der Waals surface area contributed by atoms with E-state index in [9.17, 15) is 0 Å². The smallest absolute Gasteiger partial charge is 0.00755 e. The third-order valence-corrected chi connectivity index (χ3v) is 3.96. The van der Waals surface area contributed by atoms with Crippen molar-refractivity contribution in [1.29, 1.82) is 0 Å². The summed E-state index contributed by atoms with van der Waals surface area (Å²) >= 11 is 0. The number of hydrogen-bond acceptors (Lipinski definition) is 1. The Bertz CT molecular complexity index is 147. The molecule has 0 aliphatic heterocycles. The van der Waals surface area contributed by atoms with Gasteiger partial charge in [0.15, 0.2) is 0 Å². The summed E-state index contributed by atoms with van der Waals surface area (Å²) < 4.78 is 0. The Hall–Kier alpha value is 0.250. The van der Waals surface area contributed by atoms with E-state index in [2.05, 4.69) is 0 Å². The highest BCUT2D eigenvalue weighted by Crippen LogP contribution is 2.66. The largest absolute Gasteiger partial charge is 0.327 e. The Labute approximate surface area is 67.8 Å². The van der Waals surface area contributed by atoms with Gasteiger partial charge in [-0.25, -0.2) is 0 Å². The first kappa shape index (κ1) is 6.93. The number of hydrogen-bond donors (Lipinski definition) is 1. The van der Waals surface area contributed by atoms with E-state index < -0.39 is 0 Å². The van der Waals surface area contributed by atoms with Gasteiger partial charge >= 0.3 is 0 Å². The molecule has 3 unspecified atom stereocenters. The molecule has 5 fully saturated rings. The average Bonchev–Trinajstić information content (AvgIpc) is 2.34. The molecule has 0 spiro atoms. The predicted octanol–water partition coefficient (Wildman–Crippen LogP) is 1.41. The highest BCUT2D eigenvalue weighted by molar-refractivity contribution is 5.85. The lowest BCUT2D eigenvalue weighted by Gasteiger charge is -2.35. The summed E-state index contributed by atoms with van der Waals surface area (Å²) in [4.78, 5) is 0. The highest BCUT2D eigenvalue weighted by Gasteiger charge is 2.62. The zero-order valence-electron chi connectivity index (χ0n) is 5.99. The van der Waals surface area contributed by atoms with E-state index in [0.717, 1.165) is 23.7 Å². The van der Waals surface area contributed by atoms with Crippen LogP contribution in [0.4, 0.5) is 0 Å². The van der Waals surface area contributed by atoms with E-state index in [4.69, 9.17) is 5.73 Å². The first-order chi connectivity index (χ1) is 4.38. The molecule has 0 heterocycles. The molecule has 5 rings (SSSR count). The molecule has 2 heteroatoms. The maximum Gasteiger partial charge on any atom is 0.00755 e. The summed E-state index contributed by atoms with van der Waals surface area (Å²) in [6, 6.07) is 0.604. The Balaban J connectivity index is 0.000000403. The van der Waals surface area contributed by atoms with Gasteiger partial charge in [0.25, 0.3) is 0 Å². The van der Waals surface area contributed by atoms with Crippen LogP contribution in [0.1, 0.15) is 19.3 Å². The third kappa shape index (κ3) is 0.507. The molecular weight excluding hydrogens is 146 g/mol. The van der Waals surface area contributed by atoms with Gasteiger partial charge in [0, 0.05) is 6.04 Å². The SMILES string of the molecule is Cl.NC1CC2C3CCC2C13. The standard InChI is InChI=1S/C8H13N.ClH/c9-7-3-6-4-1-2-5(6)8(4)7;/h4-8H,1-3,9H2;1H. The molecule has 0 amide bonds.